The van der Waals surface area contributed by atoms with Crippen LogP contribution in [0.3, 0.4) is 0 Å². The Kier molecular flexibility index (Phi) is 10.0. The van der Waals surface area contributed by atoms with E-state index in [2.05, 4.69) is 9.97 Å². The molecular weight excluding hydrogens is 587 g/mol. The summed E-state index contributed by atoms with van der Waals surface area (Å²) < 4.78 is 0. The van der Waals surface area contributed by atoms with E-state index in [4.69, 9.17) is 39.8 Å². The number of nitrogens with zero attached hydrogens (tertiary/aromatic N) is 3. The van der Waals surface area contributed by atoms with Gasteiger partial charge in [-0.1, -0.05) is 59.6 Å². The first-order valence-electron chi connectivity index (χ1n) is 12.0. The van der Waals surface area contributed by atoms with Crippen molar-refractivity contribution < 1.29 is 19.7 Å². The predicted octanol–water partition coefficient (Wildman–Crippen LogP) is 7.21. The summed E-state index contributed by atoms with van der Waals surface area (Å²) in [5, 5.41) is 30.1. The minimum absolute atomic E-state index is 0.102. The number of carboxylic acids is 1. The number of carbonyl (C=O) groups is 1. The van der Waals surface area contributed by atoms with Crippen LogP contribution in [-0.4, -0.2) is 30.9 Å². The van der Waals surface area contributed by atoms with Crippen LogP contribution in [0.15, 0.2) is 72.8 Å². The fourth-order valence-corrected chi connectivity index (χ4v) is 4.26. The zero-order valence-corrected chi connectivity index (χ0v) is 23.7. The lowest BCUT2D eigenvalue weighted by molar-refractivity contribution is -0.385. The molecule has 0 aliphatic carbocycles. The van der Waals surface area contributed by atoms with Crippen LogP contribution in [0, 0.1) is 34.1 Å². The molecule has 0 aliphatic heterocycles. The van der Waals surface area contributed by atoms with Crippen molar-refractivity contribution in [1.29, 1.82) is 0 Å². The Bertz CT molecular complexity index is 1790. The zero-order valence-electron chi connectivity index (χ0n) is 22.2. The van der Waals surface area contributed by atoms with Crippen molar-refractivity contribution in [3.63, 3.8) is 0 Å². The highest BCUT2D eigenvalue weighted by molar-refractivity contribution is 6.33. The molecule has 0 unspecified atom stereocenters. The largest absolute Gasteiger partial charge is 0.477 e. The fourth-order valence-electron chi connectivity index (χ4n) is 3.77. The maximum atomic E-state index is 11.2. The maximum absolute atomic E-state index is 11.2. The number of nitro groups is 2. The second-order valence-corrected chi connectivity index (χ2v) is 9.54. The molecule has 0 aliphatic rings. The highest BCUT2D eigenvalue weighted by Gasteiger charge is 2.23. The maximum Gasteiger partial charge on any atom is 0.342 e. The average molecular weight is 611 g/mol. The van der Waals surface area contributed by atoms with Crippen LogP contribution < -0.4 is 11.5 Å². The number of hydrogen-bond donors (Lipinski definition) is 4. The summed E-state index contributed by atoms with van der Waals surface area (Å²) in [7, 11) is 0. The quantitative estimate of drug-likeness (QED) is 0.0919. The number of anilines is 2. The van der Waals surface area contributed by atoms with E-state index in [0.717, 1.165) is 28.2 Å². The monoisotopic (exact) mass is 610 g/mol. The van der Waals surface area contributed by atoms with Gasteiger partial charge in [-0.2, -0.15) is 0 Å². The summed E-state index contributed by atoms with van der Waals surface area (Å²) in [6.07, 6.45) is 0. The van der Waals surface area contributed by atoms with Gasteiger partial charge >= 0.3 is 11.7 Å². The molecule has 216 valence electrons. The number of halogens is 2. The number of nitrogen functional groups attached to an aromatic ring is 2. The molecule has 42 heavy (non-hydrogen) atoms. The van der Waals surface area contributed by atoms with Crippen molar-refractivity contribution in [3.8, 4) is 11.4 Å². The molecule has 4 aromatic carbocycles. The van der Waals surface area contributed by atoms with Gasteiger partial charge in [-0.05, 0) is 61.4 Å². The molecule has 0 saturated carbocycles. The topological polar surface area (TPSA) is 204 Å². The summed E-state index contributed by atoms with van der Waals surface area (Å²) in [4.78, 5) is 38.3. The number of H-pyrrole nitrogens is 1. The lowest BCUT2D eigenvalue weighted by atomic mass is 10.1. The first kappa shape index (κ1) is 31.3. The number of fused-ring (bicyclic) bond motifs is 1. The molecule has 0 radical (unpaired) electrons. The third kappa shape index (κ3) is 7.11. The number of aromatic carboxylic acids is 1. The summed E-state index contributed by atoms with van der Waals surface area (Å²) >= 11 is 11.4. The minimum atomic E-state index is -1.37. The molecule has 0 fully saturated rings. The Labute approximate surface area is 248 Å². The molecule has 1 aromatic heterocycles. The number of carboxylic acid groups (broad SMARTS) is 1. The average Bonchev–Trinajstić information content (AvgIpc) is 3.37. The number of benzene rings is 4. The normalized spacial score (nSPS) is 10.2. The number of nitrogens with two attached hydrogens (primary N) is 2. The summed E-state index contributed by atoms with van der Waals surface area (Å²) in [5.74, 6) is -0.919. The number of imidazole rings is 1. The Hall–Kier alpha value is -5.20. The van der Waals surface area contributed by atoms with E-state index >= 15 is 0 Å². The van der Waals surface area contributed by atoms with Crippen molar-refractivity contribution in [2.75, 3.05) is 11.5 Å². The van der Waals surface area contributed by atoms with Crippen molar-refractivity contribution in [2.45, 2.75) is 13.8 Å². The molecule has 0 bridgehead atoms. The van der Waals surface area contributed by atoms with Crippen molar-refractivity contribution in [1.82, 2.24) is 9.97 Å². The van der Waals surface area contributed by atoms with Crippen molar-refractivity contribution >= 4 is 63.0 Å². The Morgan fingerprint density at radius 2 is 1.38 bits per heavy atom. The number of nitro benzene ring substituents is 2. The minimum Gasteiger partial charge on any atom is -0.477 e. The first-order valence-corrected chi connectivity index (χ1v) is 12.7. The number of nitrogens with one attached hydrogen (secondary N) is 1. The number of rotatable bonds is 4. The van der Waals surface area contributed by atoms with Gasteiger partial charge in [0.25, 0.3) is 5.69 Å². The highest BCUT2D eigenvalue weighted by Crippen LogP contribution is 2.35. The molecule has 1 heterocycles. The second-order valence-electron chi connectivity index (χ2n) is 8.73. The van der Waals surface area contributed by atoms with Crippen LogP contribution in [0.4, 0.5) is 22.7 Å². The third-order valence-electron chi connectivity index (χ3n) is 5.90. The van der Waals surface area contributed by atoms with Gasteiger partial charge in [-0.15, -0.1) is 0 Å². The highest BCUT2D eigenvalue weighted by atomic mass is 35.5. The van der Waals surface area contributed by atoms with E-state index in [9.17, 15) is 25.0 Å². The summed E-state index contributed by atoms with van der Waals surface area (Å²) in [6, 6.07) is 19.9. The van der Waals surface area contributed by atoms with Crippen LogP contribution in [0.5, 0.6) is 0 Å². The van der Waals surface area contributed by atoms with Gasteiger partial charge in [0.15, 0.2) is 0 Å². The number of aryl methyl sites for hydroxylation is 2. The number of aromatic nitrogens is 2. The fraction of sp³-hybridized carbons (Fsp3) is 0.0714. The van der Waals surface area contributed by atoms with Crippen LogP contribution in [0.1, 0.15) is 21.5 Å². The smallest absolute Gasteiger partial charge is 0.342 e. The van der Waals surface area contributed by atoms with E-state index < -0.39 is 27.1 Å². The van der Waals surface area contributed by atoms with Crippen LogP contribution >= 0.6 is 23.2 Å². The van der Waals surface area contributed by atoms with Gasteiger partial charge in [0.2, 0.25) is 0 Å². The number of aromatic amines is 1. The molecule has 0 amide bonds. The van der Waals surface area contributed by atoms with E-state index in [-0.39, 0.29) is 15.7 Å². The van der Waals surface area contributed by atoms with Crippen LogP contribution in [-0.2, 0) is 0 Å². The van der Waals surface area contributed by atoms with Crippen molar-refractivity contribution in [3.05, 3.63) is 120 Å². The predicted molar refractivity (Wildman–Crippen MR) is 163 cm³/mol. The van der Waals surface area contributed by atoms with Gasteiger partial charge in [-0.3, -0.25) is 20.2 Å². The van der Waals surface area contributed by atoms with Gasteiger partial charge < -0.3 is 21.6 Å². The number of para-hydroxylation sites is 4. The second kappa shape index (κ2) is 13.4. The Morgan fingerprint density at radius 3 is 1.90 bits per heavy atom. The van der Waals surface area contributed by atoms with Gasteiger partial charge in [-0.25, -0.2) is 9.78 Å². The van der Waals surface area contributed by atoms with Gasteiger partial charge in [0.05, 0.1) is 37.8 Å². The molecule has 0 saturated heterocycles. The van der Waals surface area contributed by atoms with Gasteiger partial charge in [0, 0.05) is 0 Å². The lowest BCUT2D eigenvalue weighted by Gasteiger charge is -2.00. The first-order chi connectivity index (χ1) is 19.8. The van der Waals surface area contributed by atoms with Crippen LogP contribution in [0.25, 0.3) is 22.4 Å². The lowest BCUT2D eigenvalue weighted by Crippen LogP contribution is -2.02. The molecular formula is C28H24Cl2N6O6. The summed E-state index contributed by atoms with van der Waals surface area (Å²) in [6.45, 7) is 3.88. The molecule has 0 atom stereocenters. The van der Waals surface area contributed by atoms with Crippen molar-refractivity contribution in [2.24, 2.45) is 0 Å². The molecule has 0 spiro atoms. The summed E-state index contributed by atoms with van der Waals surface area (Å²) in [5.41, 5.74) is 15.4. The zero-order chi connectivity index (χ0) is 31.1. The molecule has 12 nitrogen and oxygen atoms in total. The third-order valence-corrected chi connectivity index (χ3v) is 6.51. The standard InChI is InChI=1S/C14H10ClN3O2.C7H4ClNO4.C7H10N2/c1-8-4-2-7-11-12(8)17-14(16-11)9-5-3-6-10(15)13(9)18(19)20;8-5-3-1-2-4(7(10)11)6(5)9(12)13;1-5-3-2-4-6(8)7(5)9/h2-7H,1H3,(H,16,17);1-3H,(H,10,11);2-4H,8-9H2,1H3. The molecule has 6 N–H and O–H groups in total. The van der Waals surface area contributed by atoms with E-state index in [1.54, 1.807) is 18.2 Å². The molecule has 5 aromatic rings. The molecule has 14 heteroatoms. The van der Waals surface area contributed by atoms with Crippen LogP contribution in [0.2, 0.25) is 10.0 Å². The Morgan fingerprint density at radius 1 is 0.833 bits per heavy atom. The van der Waals surface area contributed by atoms with E-state index in [1.807, 2.05) is 44.2 Å². The Balaban J connectivity index is 0.000000189. The molecule has 5 rings (SSSR count). The van der Waals surface area contributed by atoms with Gasteiger partial charge in [0.1, 0.15) is 21.4 Å². The van der Waals surface area contributed by atoms with E-state index in [0.29, 0.717) is 22.8 Å². The SMILES string of the molecule is Cc1cccc(N)c1N.Cc1cccc2[nH]c(-c3cccc(Cl)c3[N+](=O)[O-])nc12.O=C(O)c1cccc(Cl)c1[N+](=O)[O-]. The number of hydrogen-bond acceptors (Lipinski definition) is 8. The van der Waals surface area contributed by atoms with E-state index in [1.165, 1.54) is 18.2 Å².